The molecule has 0 radical (unpaired) electrons. The fraction of sp³-hybridized carbons (Fsp3) is 0.364. The molecule has 0 N–H and O–H groups in total. The number of thioether (sulfide) groups is 1. The summed E-state index contributed by atoms with van der Waals surface area (Å²) < 4.78 is 15.6. The number of ether oxygens (including phenoxy) is 1. The van der Waals surface area contributed by atoms with Gasteiger partial charge in [0.1, 0.15) is 11.4 Å². The van der Waals surface area contributed by atoms with Gasteiger partial charge in [-0.3, -0.25) is 4.79 Å². The minimum Gasteiger partial charge on any atom is -0.462 e. The van der Waals surface area contributed by atoms with Gasteiger partial charge in [-0.1, -0.05) is 0 Å². The maximum Gasteiger partial charge on any atom is 0.320 e. The fourth-order valence-electron chi connectivity index (χ4n) is 1.70. The quantitative estimate of drug-likeness (QED) is 0.787. The number of carbonyl (C=O) groups is 1. The zero-order valence-corrected chi connectivity index (χ0v) is 10.3. The lowest BCUT2D eigenvalue weighted by molar-refractivity contribution is -0.140. The lowest BCUT2D eigenvalue weighted by Crippen LogP contribution is -2.09. The van der Waals surface area contributed by atoms with E-state index in [-0.39, 0.29) is 17.3 Å². The zero-order chi connectivity index (χ0) is 12.5. The fourth-order valence-corrected chi connectivity index (χ4v) is 2.67. The van der Waals surface area contributed by atoms with Crippen LogP contribution in [0.2, 0.25) is 0 Å². The van der Waals surface area contributed by atoms with Crippen LogP contribution in [0.25, 0.3) is 11.7 Å². The molecule has 0 aliphatic carbocycles. The highest BCUT2D eigenvalue weighted by atomic mass is 32.2. The van der Waals surface area contributed by atoms with Gasteiger partial charge in [-0.15, -0.1) is 10.2 Å². The van der Waals surface area contributed by atoms with Crippen molar-refractivity contribution in [3.63, 3.8) is 0 Å². The van der Waals surface area contributed by atoms with Crippen LogP contribution in [0, 0.1) is 0 Å². The van der Waals surface area contributed by atoms with Crippen LogP contribution in [0.1, 0.15) is 13.3 Å². The van der Waals surface area contributed by atoms with E-state index in [1.54, 1.807) is 12.1 Å². The minimum absolute atomic E-state index is 0.0533. The van der Waals surface area contributed by atoms with E-state index in [0.717, 1.165) is 0 Å². The van der Waals surface area contributed by atoms with Crippen LogP contribution < -0.4 is 0 Å². The molecule has 2 unspecified atom stereocenters. The molecule has 0 amide bonds. The second-order valence-corrected chi connectivity index (χ2v) is 5.09. The Morgan fingerprint density at radius 3 is 3.00 bits per heavy atom. The topological polar surface area (TPSA) is 78.4 Å². The number of hydrogen-bond acceptors (Lipinski definition) is 7. The first-order chi connectivity index (χ1) is 8.72. The second kappa shape index (κ2) is 4.49. The summed E-state index contributed by atoms with van der Waals surface area (Å²) in [5, 5.41) is 7.81. The number of aromatic nitrogens is 2. The minimum atomic E-state index is -0.273. The first kappa shape index (κ1) is 11.3. The maximum absolute atomic E-state index is 11.5. The predicted octanol–water partition coefficient (Wildman–Crippen LogP) is 2.13. The van der Waals surface area contributed by atoms with E-state index in [2.05, 4.69) is 10.2 Å². The molecule has 0 bridgehead atoms. The molecule has 1 saturated heterocycles. The summed E-state index contributed by atoms with van der Waals surface area (Å²) in [6.07, 6.45) is 2.13. The molecule has 0 aromatic carbocycles. The van der Waals surface area contributed by atoms with Gasteiger partial charge in [0, 0.05) is 6.42 Å². The number of furan rings is 1. The summed E-state index contributed by atoms with van der Waals surface area (Å²) in [7, 11) is 0. The third kappa shape index (κ3) is 2.13. The second-order valence-electron chi connectivity index (χ2n) is 3.94. The Bertz CT molecular complexity index is 551. The van der Waals surface area contributed by atoms with E-state index in [0.29, 0.717) is 23.3 Å². The summed E-state index contributed by atoms with van der Waals surface area (Å²) in [5.41, 5.74) is 0. The zero-order valence-electron chi connectivity index (χ0n) is 9.53. The van der Waals surface area contributed by atoms with Crippen molar-refractivity contribution in [3.05, 3.63) is 18.4 Å². The highest BCUT2D eigenvalue weighted by molar-refractivity contribution is 8.00. The summed E-state index contributed by atoms with van der Waals surface area (Å²) in [5.74, 6) is 0.587. The Morgan fingerprint density at radius 1 is 1.44 bits per heavy atom. The predicted molar refractivity (Wildman–Crippen MR) is 61.8 cm³/mol. The van der Waals surface area contributed by atoms with Gasteiger partial charge in [0.05, 0.1) is 6.26 Å². The van der Waals surface area contributed by atoms with Gasteiger partial charge in [0.15, 0.2) is 5.76 Å². The SMILES string of the molecule is CC1CC(Sc2nnc(-c3ccco3)o2)C(=O)O1. The maximum atomic E-state index is 11.5. The molecule has 2 aromatic heterocycles. The van der Waals surface area contributed by atoms with Crippen LogP contribution in [0.4, 0.5) is 0 Å². The number of rotatable bonds is 3. The Balaban J connectivity index is 1.73. The standard InChI is InChI=1S/C11H10N2O4S/c1-6-5-8(10(14)16-6)18-11-13-12-9(17-11)7-3-2-4-15-7/h2-4,6,8H,5H2,1H3. The first-order valence-electron chi connectivity index (χ1n) is 5.47. The van der Waals surface area contributed by atoms with E-state index >= 15 is 0 Å². The highest BCUT2D eigenvalue weighted by Gasteiger charge is 2.34. The van der Waals surface area contributed by atoms with Crippen molar-refractivity contribution in [3.8, 4) is 11.7 Å². The summed E-state index contributed by atoms with van der Waals surface area (Å²) in [6.45, 7) is 1.86. The van der Waals surface area contributed by atoms with Crippen LogP contribution in [-0.4, -0.2) is 27.5 Å². The molecule has 18 heavy (non-hydrogen) atoms. The van der Waals surface area contributed by atoms with Crippen molar-refractivity contribution in [1.82, 2.24) is 10.2 Å². The largest absolute Gasteiger partial charge is 0.462 e. The van der Waals surface area contributed by atoms with Crippen LogP contribution in [-0.2, 0) is 9.53 Å². The van der Waals surface area contributed by atoms with Crippen molar-refractivity contribution < 1.29 is 18.4 Å². The van der Waals surface area contributed by atoms with Crippen LogP contribution in [0.5, 0.6) is 0 Å². The first-order valence-corrected chi connectivity index (χ1v) is 6.35. The molecular weight excluding hydrogens is 256 g/mol. The van der Waals surface area contributed by atoms with Crippen molar-refractivity contribution >= 4 is 17.7 Å². The molecule has 2 atom stereocenters. The van der Waals surface area contributed by atoms with E-state index in [1.165, 1.54) is 18.0 Å². The molecule has 0 saturated carbocycles. The van der Waals surface area contributed by atoms with Crippen molar-refractivity contribution in [2.24, 2.45) is 0 Å². The molecular formula is C11H10N2O4S. The summed E-state index contributed by atoms with van der Waals surface area (Å²) in [6, 6.07) is 3.47. The lowest BCUT2D eigenvalue weighted by Gasteiger charge is -1.98. The average Bonchev–Trinajstić information content (AvgIpc) is 3.02. The summed E-state index contributed by atoms with van der Waals surface area (Å²) in [4.78, 5) is 11.5. The molecule has 1 fully saturated rings. The summed E-state index contributed by atoms with van der Waals surface area (Å²) >= 11 is 1.22. The molecule has 0 spiro atoms. The Hall–Kier alpha value is -1.76. The third-order valence-electron chi connectivity index (χ3n) is 2.51. The van der Waals surface area contributed by atoms with Gasteiger partial charge in [0.2, 0.25) is 0 Å². The molecule has 3 rings (SSSR count). The highest BCUT2D eigenvalue weighted by Crippen LogP contribution is 2.32. The molecule has 3 heterocycles. The van der Waals surface area contributed by atoms with E-state index in [4.69, 9.17) is 13.6 Å². The van der Waals surface area contributed by atoms with Gasteiger partial charge in [-0.05, 0) is 30.8 Å². The third-order valence-corrected chi connectivity index (χ3v) is 3.54. The van der Waals surface area contributed by atoms with E-state index in [9.17, 15) is 4.79 Å². The van der Waals surface area contributed by atoms with Gasteiger partial charge in [0.25, 0.3) is 11.1 Å². The molecule has 1 aliphatic heterocycles. The average molecular weight is 266 g/mol. The van der Waals surface area contributed by atoms with Gasteiger partial charge in [-0.2, -0.15) is 0 Å². The number of nitrogens with zero attached hydrogens (tertiary/aromatic N) is 2. The Morgan fingerprint density at radius 2 is 2.33 bits per heavy atom. The number of hydrogen-bond donors (Lipinski definition) is 0. The van der Waals surface area contributed by atoms with Crippen LogP contribution in [0.3, 0.4) is 0 Å². The number of cyclic esters (lactones) is 1. The molecule has 1 aliphatic rings. The lowest BCUT2D eigenvalue weighted by atomic mass is 10.3. The van der Waals surface area contributed by atoms with Crippen LogP contribution in [0.15, 0.2) is 32.5 Å². The molecule has 7 heteroatoms. The normalized spacial score (nSPS) is 23.3. The Kier molecular flexibility index (Phi) is 2.83. The molecule has 94 valence electrons. The van der Waals surface area contributed by atoms with E-state index in [1.807, 2.05) is 6.92 Å². The molecule has 2 aromatic rings. The van der Waals surface area contributed by atoms with Crippen molar-refractivity contribution in [2.45, 2.75) is 29.9 Å². The molecule has 6 nitrogen and oxygen atoms in total. The van der Waals surface area contributed by atoms with Gasteiger partial charge >= 0.3 is 5.97 Å². The number of carbonyl (C=O) groups excluding carboxylic acids is 1. The van der Waals surface area contributed by atoms with Crippen LogP contribution >= 0.6 is 11.8 Å². The van der Waals surface area contributed by atoms with Crippen molar-refractivity contribution in [1.29, 1.82) is 0 Å². The Labute approximate surface area is 107 Å². The van der Waals surface area contributed by atoms with Crippen molar-refractivity contribution in [2.75, 3.05) is 0 Å². The van der Waals surface area contributed by atoms with E-state index < -0.39 is 0 Å². The number of esters is 1. The smallest absolute Gasteiger partial charge is 0.320 e. The van der Waals surface area contributed by atoms with Gasteiger partial charge in [-0.25, -0.2) is 0 Å². The monoisotopic (exact) mass is 266 g/mol. The van der Waals surface area contributed by atoms with Gasteiger partial charge < -0.3 is 13.6 Å².